The van der Waals surface area contributed by atoms with Crippen molar-refractivity contribution in [1.29, 1.82) is 0 Å². The summed E-state index contributed by atoms with van der Waals surface area (Å²) in [6, 6.07) is 11.2. The van der Waals surface area contributed by atoms with Crippen LogP contribution < -0.4 is 5.32 Å². The normalized spacial score (nSPS) is 11.2. The summed E-state index contributed by atoms with van der Waals surface area (Å²) in [4.78, 5) is 23.8. The number of anilines is 1. The molecule has 0 bridgehead atoms. The molecule has 1 aromatic heterocycles. The van der Waals surface area contributed by atoms with Crippen molar-refractivity contribution in [3.63, 3.8) is 0 Å². The Kier molecular flexibility index (Phi) is 4.14. The minimum Gasteiger partial charge on any atom is -0.477 e. The van der Waals surface area contributed by atoms with Crippen LogP contribution in [0.25, 0.3) is 0 Å². The van der Waals surface area contributed by atoms with E-state index in [1.165, 1.54) is 0 Å². The molecule has 0 atom stereocenters. The number of nitrogens with one attached hydrogen (secondary N) is 1. The Balaban J connectivity index is 2.22. The zero-order chi connectivity index (χ0) is 15.6. The molecule has 0 aliphatic rings. The summed E-state index contributed by atoms with van der Waals surface area (Å²) in [5, 5.41) is 12.4. The van der Waals surface area contributed by atoms with Crippen LogP contribution in [0.4, 0.5) is 5.00 Å². The topological polar surface area (TPSA) is 66.4 Å². The Hall–Kier alpha value is -2.14. The lowest BCUT2D eigenvalue weighted by atomic mass is 9.84. The number of benzene rings is 1. The van der Waals surface area contributed by atoms with Crippen molar-refractivity contribution in [2.45, 2.75) is 26.2 Å². The van der Waals surface area contributed by atoms with E-state index in [4.69, 9.17) is 5.11 Å². The lowest BCUT2D eigenvalue weighted by Crippen LogP contribution is -2.34. The molecule has 0 aliphatic heterocycles. The summed E-state index contributed by atoms with van der Waals surface area (Å²) >= 11 is 1.08. The standard InChI is InChI=1S/C16H17NO3S/c1-10-9-12(21-13(10)14(18)19)17-15(20)16(2,3)11-7-5-4-6-8-11/h4-9H,1-3H3,(H,17,20)(H,18,19). The number of aromatic carboxylic acids is 1. The van der Waals surface area contributed by atoms with Crippen molar-refractivity contribution in [3.8, 4) is 0 Å². The van der Waals surface area contributed by atoms with Gasteiger partial charge in [-0.05, 0) is 38.0 Å². The zero-order valence-electron chi connectivity index (χ0n) is 12.1. The van der Waals surface area contributed by atoms with Gasteiger partial charge < -0.3 is 10.4 Å². The van der Waals surface area contributed by atoms with Crippen LogP contribution in [0.5, 0.6) is 0 Å². The molecule has 1 heterocycles. The molecule has 0 saturated heterocycles. The van der Waals surface area contributed by atoms with Gasteiger partial charge in [-0.2, -0.15) is 0 Å². The third kappa shape index (κ3) is 3.13. The van der Waals surface area contributed by atoms with E-state index >= 15 is 0 Å². The van der Waals surface area contributed by atoms with E-state index < -0.39 is 11.4 Å². The van der Waals surface area contributed by atoms with Gasteiger partial charge in [-0.3, -0.25) is 4.79 Å². The molecule has 1 aromatic carbocycles. The average molecular weight is 303 g/mol. The molecule has 0 unspecified atom stereocenters. The van der Waals surface area contributed by atoms with Gasteiger partial charge in [-0.15, -0.1) is 11.3 Å². The molecule has 21 heavy (non-hydrogen) atoms. The van der Waals surface area contributed by atoms with Gasteiger partial charge in [0, 0.05) is 0 Å². The second kappa shape index (κ2) is 5.69. The monoisotopic (exact) mass is 303 g/mol. The van der Waals surface area contributed by atoms with Crippen LogP contribution in [0.1, 0.15) is 34.6 Å². The van der Waals surface area contributed by atoms with Gasteiger partial charge in [-0.1, -0.05) is 30.3 Å². The van der Waals surface area contributed by atoms with E-state index in [1.807, 2.05) is 44.2 Å². The highest BCUT2D eigenvalue weighted by Gasteiger charge is 2.30. The first-order chi connectivity index (χ1) is 9.82. The Morgan fingerprint density at radius 3 is 2.33 bits per heavy atom. The van der Waals surface area contributed by atoms with E-state index in [-0.39, 0.29) is 10.8 Å². The van der Waals surface area contributed by atoms with Gasteiger partial charge in [-0.25, -0.2) is 4.79 Å². The molecule has 0 fully saturated rings. The van der Waals surface area contributed by atoms with Crippen molar-refractivity contribution in [2.75, 3.05) is 5.32 Å². The van der Waals surface area contributed by atoms with E-state index in [1.54, 1.807) is 13.0 Å². The van der Waals surface area contributed by atoms with Gasteiger partial charge >= 0.3 is 5.97 Å². The highest BCUT2D eigenvalue weighted by atomic mass is 32.1. The molecule has 110 valence electrons. The number of carbonyl (C=O) groups is 2. The Labute approximate surface area is 127 Å². The van der Waals surface area contributed by atoms with Gasteiger partial charge in [0.2, 0.25) is 5.91 Å². The zero-order valence-corrected chi connectivity index (χ0v) is 13.0. The molecule has 4 nitrogen and oxygen atoms in total. The number of hydrogen-bond acceptors (Lipinski definition) is 3. The second-order valence-electron chi connectivity index (χ2n) is 5.37. The maximum absolute atomic E-state index is 12.5. The van der Waals surface area contributed by atoms with Crippen LogP contribution in [-0.2, 0) is 10.2 Å². The van der Waals surface area contributed by atoms with Crippen LogP contribution in [0.3, 0.4) is 0 Å². The Bertz CT molecular complexity index is 674. The minimum atomic E-state index is -0.972. The number of thiophene rings is 1. The summed E-state index contributed by atoms with van der Waals surface area (Å²) in [7, 11) is 0. The molecule has 0 aliphatic carbocycles. The highest BCUT2D eigenvalue weighted by Crippen LogP contribution is 2.30. The van der Waals surface area contributed by atoms with Crippen LogP contribution in [0.15, 0.2) is 36.4 Å². The largest absolute Gasteiger partial charge is 0.477 e. The summed E-state index contributed by atoms with van der Waals surface area (Å²) < 4.78 is 0. The predicted octanol–water partition coefficient (Wildman–Crippen LogP) is 3.67. The molecule has 0 radical (unpaired) electrons. The van der Waals surface area contributed by atoms with Crippen molar-refractivity contribution in [2.24, 2.45) is 0 Å². The number of aryl methyl sites for hydroxylation is 1. The van der Waals surface area contributed by atoms with Crippen LogP contribution in [0, 0.1) is 6.92 Å². The van der Waals surface area contributed by atoms with Gasteiger partial charge in [0.1, 0.15) is 4.88 Å². The number of carboxylic acid groups (broad SMARTS) is 1. The number of amides is 1. The summed E-state index contributed by atoms with van der Waals surface area (Å²) in [6.45, 7) is 5.41. The van der Waals surface area contributed by atoms with E-state index in [0.29, 0.717) is 10.6 Å². The molecule has 5 heteroatoms. The third-order valence-electron chi connectivity index (χ3n) is 3.41. The van der Waals surface area contributed by atoms with Gasteiger partial charge in [0.25, 0.3) is 0 Å². The smallest absolute Gasteiger partial charge is 0.346 e. The van der Waals surface area contributed by atoms with Crippen molar-refractivity contribution >= 4 is 28.2 Å². The molecule has 2 rings (SSSR count). The molecule has 0 spiro atoms. The fourth-order valence-corrected chi connectivity index (χ4v) is 2.92. The fourth-order valence-electron chi connectivity index (χ4n) is 2.01. The van der Waals surface area contributed by atoms with Crippen molar-refractivity contribution in [3.05, 3.63) is 52.4 Å². The maximum atomic E-state index is 12.5. The lowest BCUT2D eigenvalue weighted by Gasteiger charge is -2.23. The molecule has 0 saturated carbocycles. The first-order valence-electron chi connectivity index (χ1n) is 6.53. The van der Waals surface area contributed by atoms with Gasteiger partial charge in [0.15, 0.2) is 0 Å². The summed E-state index contributed by atoms with van der Waals surface area (Å²) in [5.41, 5.74) is 0.872. The third-order valence-corrected chi connectivity index (χ3v) is 4.55. The fraction of sp³-hybridized carbons (Fsp3) is 0.250. The number of rotatable bonds is 4. The van der Waals surface area contributed by atoms with Crippen LogP contribution in [-0.4, -0.2) is 17.0 Å². The molecular weight excluding hydrogens is 286 g/mol. The molecule has 2 N–H and O–H groups in total. The molecule has 1 amide bonds. The summed E-state index contributed by atoms with van der Waals surface area (Å²) in [6.07, 6.45) is 0. The van der Waals surface area contributed by atoms with Crippen LogP contribution in [0.2, 0.25) is 0 Å². The molecular formula is C16H17NO3S. The SMILES string of the molecule is Cc1cc(NC(=O)C(C)(C)c2ccccc2)sc1C(=O)O. The number of hydrogen-bond donors (Lipinski definition) is 2. The average Bonchev–Trinajstić information content (AvgIpc) is 2.80. The maximum Gasteiger partial charge on any atom is 0.346 e. The molecule has 2 aromatic rings. The van der Waals surface area contributed by atoms with E-state index in [2.05, 4.69) is 5.32 Å². The van der Waals surface area contributed by atoms with Gasteiger partial charge in [0.05, 0.1) is 10.4 Å². The van der Waals surface area contributed by atoms with E-state index in [9.17, 15) is 9.59 Å². The minimum absolute atomic E-state index is 0.160. The number of carbonyl (C=O) groups excluding carboxylic acids is 1. The van der Waals surface area contributed by atoms with E-state index in [0.717, 1.165) is 16.9 Å². The first kappa shape index (κ1) is 15.3. The first-order valence-corrected chi connectivity index (χ1v) is 7.34. The summed E-state index contributed by atoms with van der Waals surface area (Å²) in [5.74, 6) is -1.13. The van der Waals surface area contributed by atoms with Crippen LogP contribution >= 0.6 is 11.3 Å². The van der Waals surface area contributed by atoms with Crippen molar-refractivity contribution < 1.29 is 14.7 Å². The second-order valence-corrected chi connectivity index (χ2v) is 6.43. The predicted molar refractivity (Wildman–Crippen MR) is 84.1 cm³/mol. The number of carboxylic acids is 1. The highest BCUT2D eigenvalue weighted by molar-refractivity contribution is 7.18. The Morgan fingerprint density at radius 1 is 1.19 bits per heavy atom. The van der Waals surface area contributed by atoms with Crippen molar-refractivity contribution in [1.82, 2.24) is 0 Å². The lowest BCUT2D eigenvalue weighted by molar-refractivity contribution is -0.120. The Morgan fingerprint density at radius 2 is 1.81 bits per heavy atom. The quantitative estimate of drug-likeness (QED) is 0.905.